The summed E-state index contributed by atoms with van der Waals surface area (Å²) in [7, 11) is 0. The number of carbonyl (C=O) groups excluding carboxylic acids is 1. The van der Waals surface area contributed by atoms with E-state index in [1.54, 1.807) is 12.1 Å². The lowest BCUT2D eigenvalue weighted by molar-refractivity contribution is -0.141. The zero-order valence-electron chi connectivity index (χ0n) is 10.5. The maximum absolute atomic E-state index is 12.5. The average molecular weight is 302 g/mol. The maximum Gasteiger partial charge on any atom is 0.406 e. The Morgan fingerprint density at radius 1 is 1.35 bits per heavy atom. The summed E-state index contributed by atoms with van der Waals surface area (Å²) in [6.07, 6.45) is -3.19. The Morgan fingerprint density at radius 3 is 2.45 bits per heavy atom. The molecule has 0 bridgehead atoms. The van der Waals surface area contributed by atoms with Crippen LogP contribution in [0.2, 0.25) is 0 Å². The highest BCUT2D eigenvalue weighted by Crippen LogP contribution is 2.31. The predicted molar refractivity (Wildman–Crippen MR) is 72.4 cm³/mol. The number of nitrogens with zero attached hydrogens (tertiary/aromatic N) is 1. The van der Waals surface area contributed by atoms with Crippen molar-refractivity contribution in [2.24, 2.45) is 5.73 Å². The fourth-order valence-electron chi connectivity index (χ4n) is 1.92. The molecule has 1 saturated carbocycles. The van der Waals surface area contributed by atoms with Crippen LogP contribution in [0, 0.1) is 0 Å². The molecule has 0 saturated heterocycles. The van der Waals surface area contributed by atoms with Gasteiger partial charge in [-0.2, -0.15) is 13.2 Å². The van der Waals surface area contributed by atoms with Crippen molar-refractivity contribution in [2.45, 2.75) is 25.1 Å². The van der Waals surface area contributed by atoms with Crippen molar-refractivity contribution >= 4 is 23.1 Å². The van der Waals surface area contributed by atoms with Crippen molar-refractivity contribution in [3.8, 4) is 0 Å². The van der Waals surface area contributed by atoms with E-state index in [1.807, 2.05) is 0 Å². The number of nitrogens with two attached hydrogens (primary N) is 1. The molecule has 0 aliphatic heterocycles. The third kappa shape index (κ3) is 3.69. The van der Waals surface area contributed by atoms with Gasteiger partial charge in [-0.3, -0.25) is 4.79 Å². The highest BCUT2D eigenvalue weighted by atomic mass is 32.1. The van der Waals surface area contributed by atoms with Crippen LogP contribution in [0.3, 0.4) is 0 Å². The summed E-state index contributed by atoms with van der Waals surface area (Å²) < 4.78 is 37.6. The Balaban J connectivity index is 2.23. The van der Waals surface area contributed by atoms with E-state index in [1.165, 1.54) is 12.1 Å². The molecule has 7 heteroatoms. The first-order valence-electron chi connectivity index (χ1n) is 6.05. The number of alkyl halides is 3. The zero-order valence-corrected chi connectivity index (χ0v) is 11.3. The maximum atomic E-state index is 12.5. The van der Waals surface area contributed by atoms with E-state index in [0.29, 0.717) is 18.4 Å². The van der Waals surface area contributed by atoms with Crippen LogP contribution in [0.1, 0.15) is 28.8 Å². The Morgan fingerprint density at radius 2 is 1.95 bits per heavy atom. The molecule has 0 unspecified atom stereocenters. The van der Waals surface area contributed by atoms with Crippen molar-refractivity contribution < 1.29 is 18.0 Å². The Labute approximate surface area is 119 Å². The van der Waals surface area contributed by atoms with E-state index in [2.05, 4.69) is 0 Å². The number of hydrogen-bond donors (Lipinski definition) is 1. The van der Waals surface area contributed by atoms with Gasteiger partial charge in [0.05, 0.1) is 0 Å². The molecular formula is C13H13F3N2OS. The van der Waals surface area contributed by atoms with Crippen molar-refractivity contribution in [3.05, 3.63) is 35.4 Å². The Hall–Kier alpha value is -1.63. The van der Waals surface area contributed by atoms with Gasteiger partial charge in [0.15, 0.2) is 0 Å². The lowest BCUT2D eigenvalue weighted by atomic mass is 10.1. The third-order valence-electron chi connectivity index (χ3n) is 2.99. The molecule has 1 fully saturated rings. The van der Waals surface area contributed by atoms with Crippen molar-refractivity contribution in [2.75, 3.05) is 6.54 Å². The Bertz CT molecular complexity index is 541. The predicted octanol–water partition coefficient (Wildman–Crippen LogP) is 2.49. The van der Waals surface area contributed by atoms with Gasteiger partial charge in [0.2, 0.25) is 0 Å². The van der Waals surface area contributed by atoms with E-state index in [0.717, 1.165) is 4.90 Å². The normalized spacial score (nSPS) is 14.9. The first-order valence-corrected chi connectivity index (χ1v) is 6.46. The van der Waals surface area contributed by atoms with Gasteiger partial charge in [-0.1, -0.05) is 24.4 Å². The van der Waals surface area contributed by atoms with Crippen molar-refractivity contribution in [1.29, 1.82) is 0 Å². The molecule has 1 aromatic rings. The second-order valence-corrected chi connectivity index (χ2v) is 5.16. The molecule has 0 aromatic heterocycles. The van der Waals surface area contributed by atoms with Crippen molar-refractivity contribution in [1.82, 2.24) is 4.90 Å². The number of amides is 1. The van der Waals surface area contributed by atoms with Crippen LogP contribution >= 0.6 is 12.2 Å². The molecule has 0 radical (unpaired) electrons. The topological polar surface area (TPSA) is 46.3 Å². The Kier molecular flexibility index (Phi) is 3.99. The lowest BCUT2D eigenvalue weighted by Crippen LogP contribution is -2.40. The molecule has 0 atom stereocenters. The minimum atomic E-state index is -4.40. The van der Waals surface area contributed by atoms with Gasteiger partial charge >= 0.3 is 6.18 Å². The molecule has 2 N–H and O–H groups in total. The van der Waals surface area contributed by atoms with Gasteiger partial charge in [0, 0.05) is 17.2 Å². The number of carbonyl (C=O) groups is 1. The van der Waals surface area contributed by atoms with Crippen LogP contribution in [-0.4, -0.2) is 34.6 Å². The van der Waals surface area contributed by atoms with Crippen LogP contribution < -0.4 is 5.73 Å². The quantitative estimate of drug-likeness (QED) is 0.869. The van der Waals surface area contributed by atoms with Crippen LogP contribution in [-0.2, 0) is 0 Å². The molecule has 2 rings (SSSR count). The molecule has 1 aromatic carbocycles. The van der Waals surface area contributed by atoms with Gasteiger partial charge < -0.3 is 10.6 Å². The van der Waals surface area contributed by atoms with Crippen LogP contribution in [0.4, 0.5) is 13.2 Å². The van der Waals surface area contributed by atoms with E-state index in [4.69, 9.17) is 18.0 Å². The SMILES string of the molecule is NC(=S)c1cccc(C(=O)N(CC(F)(F)F)C2CC2)c1. The first-order chi connectivity index (χ1) is 9.28. The smallest absolute Gasteiger partial charge is 0.389 e. The third-order valence-corrected chi connectivity index (χ3v) is 3.23. The second kappa shape index (κ2) is 5.40. The number of thiocarbonyl (C=S) groups is 1. The summed E-state index contributed by atoms with van der Waals surface area (Å²) in [6.45, 7) is -1.23. The fraction of sp³-hybridized carbons (Fsp3) is 0.385. The summed E-state index contributed by atoms with van der Waals surface area (Å²) in [5.74, 6) is -0.636. The second-order valence-electron chi connectivity index (χ2n) is 4.72. The highest BCUT2D eigenvalue weighted by Gasteiger charge is 2.40. The molecular weight excluding hydrogens is 289 g/mol. The summed E-state index contributed by atoms with van der Waals surface area (Å²) in [5.41, 5.74) is 6.10. The minimum absolute atomic E-state index is 0.105. The monoisotopic (exact) mass is 302 g/mol. The highest BCUT2D eigenvalue weighted by molar-refractivity contribution is 7.80. The van der Waals surface area contributed by atoms with E-state index in [9.17, 15) is 18.0 Å². The largest absolute Gasteiger partial charge is 0.406 e. The van der Waals surface area contributed by atoms with E-state index in [-0.39, 0.29) is 16.6 Å². The van der Waals surface area contributed by atoms with Crippen LogP contribution in [0.5, 0.6) is 0 Å². The number of rotatable bonds is 4. The van der Waals surface area contributed by atoms with Gasteiger partial charge in [-0.05, 0) is 25.0 Å². The molecule has 1 aliphatic rings. The summed E-state index contributed by atoms with van der Waals surface area (Å²) in [4.78, 5) is 13.2. The van der Waals surface area contributed by atoms with E-state index >= 15 is 0 Å². The molecule has 20 heavy (non-hydrogen) atoms. The van der Waals surface area contributed by atoms with Gasteiger partial charge in [0.1, 0.15) is 11.5 Å². The van der Waals surface area contributed by atoms with Gasteiger partial charge in [-0.25, -0.2) is 0 Å². The summed E-state index contributed by atoms with van der Waals surface area (Å²) in [6, 6.07) is 5.74. The molecule has 3 nitrogen and oxygen atoms in total. The summed E-state index contributed by atoms with van der Waals surface area (Å²) >= 11 is 4.80. The molecule has 1 aliphatic carbocycles. The molecule has 1 amide bonds. The minimum Gasteiger partial charge on any atom is -0.389 e. The zero-order chi connectivity index (χ0) is 14.9. The molecule has 0 heterocycles. The lowest BCUT2D eigenvalue weighted by Gasteiger charge is -2.24. The van der Waals surface area contributed by atoms with Crippen LogP contribution in [0.15, 0.2) is 24.3 Å². The number of benzene rings is 1. The number of hydrogen-bond acceptors (Lipinski definition) is 2. The average Bonchev–Trinajstić information content (AvgIpc) is 3.18. The van der Waals surface area contributed by atoms with Gasteiger partial charge in [-0.15, -0.1) is 0 Å². The molecule has 108 valence electrons. The molecule has 0 spiro atoms. The van der Waals surface area contributed by atoms with Crippen molar-refractivity contribution in [3.63, 3.8) is 0 Å². The standard InChI is InChI=1S/C13H13F3N2OS/c14-13(15,16)7-18(10-4-5-10)12(19)9-3-1-2-8(6-9)11(17)20/h1-3,6,10H,4-5,7H2,(H2,17,20). The van der Waals surface area contributed by atoms with Gasteiger partial charge in [0.25, 0.3) is 5.91 Å². The summed E-state index contributed by atoms with van der Waals surface area (Å²) in [5, 5.41) is 0. The van der Waals surface area contributed by atoms with E-state index < -0.39 is 18.6 Å². The number of halogens is 3. The fourth-order valence-corrected chi connectivity index (χ4v) is 2.04. The first kappa shape index (κ1) is 14.8. The van der Waals surface area contributed by atoms with Crippen LogP contribution in [0.25, 0.3) is 0 Å².